The first-order chi connectivity index (χ1) is 19.7. The Labute approximate surface area is 239 Å². The normalized spacial score (nSPS) is 24.7. The molecule has 0 amide bonds. The van der Waals surface area contributed by atoms with E-state index < -0.39 is 23.7 Å². The van der Waals surface area contributed by atoms with E-state index in [-0.39, 0.29) is 24.0 Å². The molecule has 2 aliphatic heterocycles. The van der Waals surface area contributed by atoms with Crippen LogP contribution in [0.25, 0.3) is 0 Å². The van der Waals surface area contributed by atoms with Crippen molar-refractivity contribution in [1.82, 2.24) is 21.0 Å². The Balaban J connectivity index is 1.32. The molecule has 224 valence electrons. The van der Waals surface area contributed by atoms with Crippen molar-refractivity contribution < 1.29 is 17.6 Å². The zero-order valence-corrected chi connectivity index (χ0v) is 23.7. The van der Waals surface area contributed by atoms with E-state index in [1.54, 1.807) is 6.08 Å². The first kappa shape index (κ1) is 30.8. The highest BCUT2D eigenvalue weighted by molar-refractivity contribution is 5.96. The lowest BCUT2D eigenvalue weighted by Gasteiger charge is -2.37. The molecule has 0 saturated heterocycles. The predicted molar refractivity (Wildman–Crippen MR) is 154 cm³/mol. The Hall–Kier alpha value is -3.12. The molecule has 0 spiro atoms. The molecular weight excluding hydrogens is 536 g/mol. The minimum Gasteiger partial charge on any atom is -0.368 e. The van der Waals surface area contributed by atoms with Crippen LogP contribution in [0.3, 0.4) is 0 Å². The molecule has 1 fully saturated rings. The highest BCUT2D eigenvalue weighted by atomic mass is 19.4. The van der Waals surface area contributed by atoms with Crippen LogP contribution in [-0.4, -0.2) is 60.9 Å². The van der Waals surface area contributed by atoms with Crippen molar-refractivity contribution in [3.63, 3.8) is 0 Å². The third-order valence-electron chi connectivity index (χ3n) is 7.63. The molecule has 12 heteroatoms. The number of alkyl halides is 3. The molecule has 0 aromatic heterocycles. The van der Waals surface area contributed by atoms with E-state index in [1.807, 2.05) is 12.2 Å². The number of halogens is 4. The maximum absolute atomic E-state index is 15.3. The molecule has 3 N–H and O–H groups in total. The summed E-state index contributed by atoms with van der Waals surface area (Å²) in [4.78, 5) is 10.9. The van der Waals surface area contributed by atoms with Crippen molar-refractivity contribution in [2.45, 2.75) is 76.7 Å². The minimum atomic E-state index is -4.34. The smallest absolute Gasteiger partial charge is 0.368 e. The number of allylic oxidation sites excluding steroid dienone is 5. The van der Waals surface area contributed by atoms with Gasteiger partial charge in [-0.15, -0.1) is 5.11 Å². The molecule has 2 unspecified atom stereocenters. The molecule has 41 heavy (non-hydrogen) atoms. The summed E-state index contributed by atoms with van der Waals surface area (Å²) in [5, 5.41) is 14.0. The molecule has 2 aliphatic carbocycles. The van der Waals surface area contributed by atoms with Crippen LogP contribution in [-0.2, 0) is 0 Å². The van der Waals surface area contributed by atoms with Crippen molar-refractivity contribution in [2.24, 2.45) is 26.2 Å². The van der Waals surface area contributed by atoms with E-state index >= 15 is 4.39 Å². The summed E-state index contributed by atoms with van der Waals surface area (Å²) in [5.74, 6) is 0.486. The molecular formula is C29H40F4N8. The zero-order valence-electron chi connectivity index (χ0n) is 23.7. The Morgan fingerprint density at radius 2 is 2.10 bits per heavy atom. The average Bonchev–Trinajstić information content (AvgIpc) is 3.74. The fourth-order valence-electron chi connectivity index (χ4n) is 5.06. The van der Waals surface area contributed by atoms with E-state index in [4.69, 9.17) is 0 Å². The third kappa shape index (κ3) is 9.19. The van der Waals surface area contributed by atoms with Crippen LogP contribution in [0.2, 0.25) is 0 Å². The first-order valence-corrected chi connectivity index (χ1v) is 14.3. The van der Waals surface area contributed by atoms with Gasteiger partial charge in [0, 0.05) is 25.0 Å². The Kier molecular flexibility index (Phi) is 10.7. The Morgan fingerprint density at radius 3 is 2.80 bits per heavy atom. The lowest BCUT2D eigenvalue weighted by molar-refractivity contribution is -0.0883. The number of hydrogen-bond acceptors (Lipinski definition) is 8. The van der Waals surface area contributed by atoms with Gasteiger partial charge in [0.2, 0.25) is 0 Å². The van der Waals surface area contributed by atoms with Gasteiger partial charge in [0.05, 0.1) is 18.4 Å². The van der Waals surface area contributed by atoms with Crippen molar-refractivity contribution in [3.8, 4) is 0 Å². The van der Waals surface area contributed by atoms with Gasteiger partial charge in [-0.3, -0.25) is 15.2 Å². The summed E-state index contributed by atoms with van der Waals surface area (Å²) in [6.07, 6.45) is 12.2. The van der Waals surface area contributed by atoms with E-state index in [9.17, 15) is 13.2 Å². The minimum absolute atomic E-state index is 0.0626. The van der Waals surface area contributed by atoms with E-state index in [0.29, 0.717) is 45.4 Å². The second-order valence-corrected chi connectivity index (χ2v) is 10.9. The Morgan fingerprint density at radius 1 is 1.27 bits per heavy atom. The lowest BCUT2D eigenvalue weighted by Crippen LogP contribution is -2.51. The lowest BCUT2D eigenvalue weighted by atomic mass is 10.0. The van der Waals surface area contributed by atoms with Gasteiger partial charge in [-0.25, -0.2) is 14.8 Å². The number of hydrogen-bond donors (Lipinski definition) is 3. The van der Waals surface area contributed by atoms with Crippen LogP contribution in [0.1, 0.15) is 58.8 Å². The maximum Gasteiger partial charge on any atom is 0.416 e. The molecule has 0 radical (unpaired) electrons. The summed E-state index contributed by atoms with van der Waals surface area (Å²) in [6.45, 7) is 5.82. The van der Waals surface area contributed by atoms with Gasteiger partial charge in [0.25, 0.3) is 0 Å². The highest BCUT2D eigenvalue weighted by Gasteiger charge is 2.46. The second kappa shape index (κ2) is 14.2. The summed E-state index contributed by atoms with van der Waals surface area (Å²) in [6, 6.07) is 0. The molecule has 4 aliphatic rings. The van der Waals surface area contributed by atoms with E-state index in [1.165, 1.54) is 18.2 Å². The van der Waals surface area contributed by atoms with Gasteiger partial charge >= 0.3 is 6.18 Å². The van der Waals surface area contributed by atoms with Crippen LogP contribution >= 0.6 is 0 Å². The standard InChI is InChI=1S/C29H40F4N8/c1-3-7-21(16-25-35-20-38-40-39-25)8-4-5-15-34-27-24(30)17-26(36-19-37-27)41(28(2)13-14-28)18-22-9-6-10-23(12-11-22)29(31,32)33/h4,7-8,10-12,17,22,26,36H,3,5-6,9,13-16,18-20H2,1-2H3,(H,34,37)(H,35,38,39). The molecule has 0 aromatic carbocycles. The summed E-state index contributed by atoms with van der Waals surface area (Å²) < 4.78 is 54.9. The largest absolute Gasteiger partial charge is 0.416 e. The van der Waals surface area contributed by atoms with Gasteiger partial charge in [0.15, 0.2) is 18.3 Å². The third-order valence-corrected chi connectivity index (χ3v) is 7.63. The molecule has 2 heterocycles. The topological polar surface area (TPSA) is 88.8 Å². The van der Waals surface area contributed by atoms with Crippen LogP contribution in [0.5, 0.6) is 0 Å². The highest BCUT2D eigenvalue weighted by Crippen LogP contribution is 2.43. The van der Waals surface area contributed by atoms with E-state index in [2.05, 4.69) is 61.2 Å². The van der Waals surface area contributed by atoms with Gasteiger partial charge in [-0.05, 0) is 63.0 Å². The van der Waals surface area contributed by atoms with Gasteiger partial charge in [0.1, 0.15) is 5.84 Å². The Bertz CT molecular complexity index is 1160. The van der Waals surface area contributed by atoms with Crippen molar-refractivity contribution in [3.05, 3.63) is 59.5 Å². The average molecular weight is 577 g/mol. The van der Waals surface area contributed by atoms with Gasteiger partial charge in [-0.1, -0.05) is 48.6 Å². The number of nitrogens with zero attached hydrogens (tertiary/aromatic N) is 5. The SMILES string of the molecule is CCC=C(C=CCCNC1=NCNC(N(CC2C=CC(C(F)(F)F)=CCC2)C2(C)CC2)C=C1F)CC1=NCN=NN1. The summed E-state index contributed by atoms with van der Waals surface area (Å²) >= 11 is 0. The van der Waals surface area contributed by atoms with Gasteiger partial charge in [-0.2, -0.15) is 13.2 Å². The second-order valence-electron chi connectivity index (χ2n) is 10.9. The predicted octanol–water partition coefficient (Wildman–Crippen LogP) is 6.02. The number of nitrogens with one attached hydrogen (secondary N) is 3. The summed E-state index contributed by atoms with van der Waals surface area (Å²) in [5.41, 5.74) is 3.22. The van der Waals surface area contributed by atoms with Gasteiger partial charge < -0.3 is 5.32 Å². The van der Waals surface area contributed by atoms with Crippen molar-refractivity contribution in [1.29, 1.82) is 0 Å². The quantitative estimate of drug-likeness (QED) is 0.159. The first-order valence-electron chi connectivity index (χ1n) is 14.3. The monoisotopic (exact) mass is 576 g/mol. The molecule has 2 atom stereocenters. The zero-order chi connectivity index (χ0) is 29.3. The number of rotatable bonds is 11. The fourth-order valence-corrected chi connectivity index (χ4v) is 5.06. The molecule has 8 nitrogen and oxygen atoms in total. The molecule has 1 saturated carbocycles. The van der Waals surface area contributed by atoms with Crippen LogP contribution < -0.4 is 16.1 Å². The number of amidine groups is 2. The van der Waals surface area contributed by atoms with Crippen molar-refractivity contribution >= 4 is 11.7 Å². The van der Waals surface area contributed by atoms with E-state index in [0.717, 1.165) is 30.7 Å². The fraction of sp³-hybridized carbons (Fsp3) is 0.586. The maximum atomic E-state index is 15.3. The van der Waals surface area contributed by atoms with Crippen LogP contribution in [0, 0.1) is 5.92 Å². The summed E-state index contributed by atoms with van der Waals surface area (Å²) in [7, 11) is 0. The number of aliphatic imine (C=N–C) groups is 2. The molecule has 0 aromatic rings. The molecule has 0 bridgehead atoms. The van der Waals surface area contributed by atoms with Crippen LogP contribution in [0.15, 0.2) is 79.8 Å². The molecule has 4 rings (SSSR count). The van der Waals surface area contributed by atoms with Crippen molar-refractivity contribution in [2.75, 3.05) is 26.4 Å². The van der Waals surface area contributed by atoms with Crippen LogP contribution in [0.4, 0.5) is 17.6 Å².